The molecule has 0 saturated heterocycles. The molecule has 0 spiro atoms. The van der Waals surface area contributed by atoms with E-state index in [0.717, 1.165) is 27.5 Å². The summed E-state index contributed by atoms with van der Waals surface area (Å²) < 4.78 is 25.8. The first-order chi connectivity index (χ1) is 13.6. The number of aromatic nitrogens is 3. The van der Waals surface area contributed by atoms with E-state index in [1.807, 2.05) is 12.3 Å². The first-order valence-corrected chi connectivity index (χ1v) is 9.44. The van der Waals surface area contributed by atoms with E-state index < -0.39 is 0 Å². The molecule has 0 aliphatic heterocycles. The highest BCUT2D eigenvalue weighted by atomic mass is 32.1. The van der Waals surface area contributed by atoms with Crippen LogP contribution >= 0.6 is 11.3 Å². The van der Waals surface area contributed by atoms with E-state index in [1.165, 1.54) is 30.6 Å². The van der Waals surface area contributed by atoms with Gasteiger partial charge in [0.2, 0.25) is 0 Å². The molecule has 0 aliphatic rings. The molecule has 148 valence electrons. The Kier molecular flexibility index (Phi) is 6.85. The number of halogens is 1. The molecule has 0 radical (unpaired) electrons. The zero-order chi connectivity index (χ0) is 19.9. The van der Waals surface area contributed by atoms with Crippen LogP contribution in [-0.4, -0.2) is 48.4 Å². The fourth-order valence-electron chi connectivity index (χ4n) is 2.60. The first-order valence-electron chi connectivity index (χ1n) is 8.56. The predicted molar refractivity (Wildman–Crippen MR) is 106 cm³/mol. The van der Waals surface area contributed by atoms with Gasteiger partial charge in [0.15, 0.2) is 0 Å². The second-order valence-electron chi connectivity index (χ2n) is 5.84. The molecule has 9 heteroatoms. The molecule has 0 unspecified atom stereocenters. The molecule has 0 N–H and O–H groups in total. The lowest BCUT2D eigenvalue weighted by molar-refractivity contribution is 0.0281. The number of nitrogens with zero attached hydrogens (tertiary/aromatic N) is 4. The van der Waals surface area contributed by atoms with Gasteiger partial charge in [0.05, 0.1) is 30.7 Å². The van der Waals surface area contributed by atoms with Crippen molar-refractivity contribution in [3.05, 3.63) is 46.9 Å². The van der Waals surface area contributed by atoms with Gasteiger partial charge in [-0.3, -0.25) is 0 Å². The molecule has 1 aromatic carbocycles. The van der Waals surface area contributed by atoms with E-state index in [4.69, 9.17) is 19.4 Å². The maximum Gasteiger partial charge on any atom is 0.139 e. The van der Waals surface area contributed by atoms with Crippen molar-refractivity contribution < 1.29 is 18.7 Å². The molecular weight excluding hydrogens is 383 g/mol. The second kappa shape index (κ2) is 9.54. The lowest BCUT2D eigenvalue weighted by Crippen LogP contribution is -2.09. The minimum atomic E-state index is -0.295. The van der Waals surface area contributed by atoms with Gasteiger partial charge in [-0.15, -0.1) is 11.3 Å². The van der Waals surface area contributed by atoms with E-state index >= 15 is 0 Å². The Morgan fingerprint density at radius 1 is 1.21 bits per heavy atom. The maximum absolute atomic E-state index is 13.4. The van der Waals surface area contributed by atoms with Gasteiger partial charge in [0.1, 0.15) is 30.4 Å². The van der Waals surface area contributed by atoms with Crippen LogP contribution in [0, 0.1) is 12.7 Å². The third kappa shape index (κ3) is 4.61. The minimum absolute atomic E-state index is 0.284. The van der Waals surface area contributed by atoms with Crippen LogP contribution in [0.2, 0.25) is 0 Å². The summed E-state index contributed by atoms with van der Waals surface area (Å²) in [4.78, 5) is 9.32. The van der Waals surface area contributed by atoms with Crippen LogP contribution in [0.3, 0.4) is 0 Å². The van der Waals surface area contributed by atoms with Crippen LogP contribution in [0.5, 0.6) is 0 Å². The second-order valence-corrected chi connectivity index (χ2v) is 6.70. The van der Waals surface area contributed by atoms with E-state index in [1.54, 1.807) is 30.1 Å². The van der Waals surface area contributed by atoms with Crippen molar-refractivity contribution in [3.8, 4) is 21.8 Å². The molecule has 0 fully saturated rings. The van der Waals surface area contributed by atoms with Crippen molar-refractivity contribution >= 4 is 17.6 Å². The number of methoxy groups -OCH3 is 1. The topological polar surface area (TPSA) is 70.8 Å². The van der Waals surface area contributed by atoms with Crippen molar-refractivity contribution in [2.24, 2.45) is 5.16 Å². The van der Waals surface area contributed by atoms with Crippen molar-refractivity contribution in [3.63, 3.8) is 0 Å². The highest BCUT2D eigenvalue weighted by Gasteiger charge is 2.20. The van der Waals surface area contributed by atoms with Crippen LogP contribution in [0.15, 0.2) is 34.8 Å². The number of hydrogen-bond acceptors (Lipinski definition) is 7. The number of benzene rings is 1. The monoisotopic (exact) mass is 404 g/mol. The van der Waals surface area contributed by atoms with Gasteiger partial charge in [-0.2, -0.15) is 5.10 Å². The lowest BCUT2D eigenvalue weighted by Gasteiger charge is -2.05. The fourth-order valence-corrected chi connectivity index (χ4v) is 3.46. The average molecular weight is 404 g/mol. The molecule has 0 atom stereocenters. The summed E-state index contributed by atoms with van der Waals surface area (Å²) in [7, 11) is 3.11. The summed E-state index contributed by atoms with van der Waals surface area (Å²) in [6.45, 7) is 3.21. The average Bonchev–Trinajstić information content (AvgIpc) is 3.28. The van der Waals surface area contributed by atoms with Crippen LogP contribution < -0.4 is 0 Å². The zero-order valence-electron chi connectivity index (χ0n) is 15.9. The van der Waals surface area contributed by atoms with E-state index in [9.17, 15) is 4.39 Å². The van der Waals surface area contributed by atoms with Gasteiger partial charge in [0.25, 0.3) is 0 Å². The van der Waals surface area contributed by atoms with E-state index in [0.29, 0.717) is 18.9 Å². The summed E-state index contributed by atoms with van der Waals surface area (Å²) in [5, 5.41) is 11.1. The van der Waals surface area contributed by atoms with Crippen molar-refractivity contribution in [1.29, 1.82) is 0 Å². The van der Waals surface area contributed by atoms with Crippen molar-refractivity contribution in [2.45, 2.75) is 13.7 Å². The molecule has 0 bridgehead atoms. The van der Waals surface area contributed by atoms with E-state index in [2.05, 4.69) is 10.1 Å². The first kappa shape index (κ1) is 20.1. The molecule has 0 aliphatic carbocycles. The Morgan fingerprint density at radius 3 is 2.71 bits per heavy atom. The van der Waals surface area contributed by atoms with Gasteiger partial charge in [-0.25, -0.2) is 14.1 Å². The van der Waals surface area contributed by atoms with E-state index in [-0.39, 0.29) is 12.5 Å². The molecule has 3 rings (SSSR count). The Hall–Kier alpha value is -2.62. The molecule has 0 saturated carbocycles. The van der Waals surface area contributed by atoms with Crippen molar-refractivity contribution in [2.75, 3.05) is 27.4 Å². The minimum Gasteiger partial charge on any atom is -0.399 e. The SMILES string of the molecule is COCCOCn1nc(-c2ccc(F)cc2)c(-c2nc(/C=N/OC)cs2)c1C. The number of thiazole rings is 1. The number of oxime groups is 1. The predicted octanol–water partition coefficient (Wildman–Crippen LogP) is 3.72. The van der Waals surface area contributed by atoms with Crippen molar-refractivity contribution in [1.82, 2.24) is 14.8 Å². The standard InChI is InChI=1S/C19H21FN4O3S/c1-13-17(19-22-16(11-28-19)10-21-26-3)18(14-4-6-15(20)7-5-14)23-24(13)12-27-9-8-25-2/h4-7,10-11H,8-9,12H2,1-3H3/b21-10+. The molecule has 3 aromatic rings. The Labute approximate surface area is 166 Å². The molecule has 2 aromatic heterocycles. The number of hydrogen-bond donors (Lipinski definition) is 0. The zero-order valence-corrected chi connectivity index (χ0v) is 16.7. The van der Waals surface area contributed by atoms with Crippen LogP contribution in [-0.2, 0) is 21.0 Å². The molecule has 7 nitrogen and oxygen atoms in total. The molecule has 28 heavy (non-hydrogen) atoms. The Morgan fingerprint density at radius 2 is 2.00 bits per heavy atom. The van der Waals surface area contributed by atoms with Gasteiger partial charge < -0.3 is 14.3 Å². The fraction of sp³-hybridized carbons (Fsp3) is 0.316. The summed E-state index contributed by atoms with van der Waals surface area (Å²) in [5.74, 6) is -0.295. The summed E-state index contributed by atoms with van der Waals surface area (Å²) >= 11 is 1.48. The molecule has 0 amide bonds. The summed E-state index contributed by atoms with van der Waals surface area (Å²) in [6, 6.07) is 6.25. The lowest BCUT2D eigenvalue weighted by atomic mass is 10.1. The van der Waals surface area contributed by atoms with Crippen LogP contribution in [0.1, 0.15) is 11.4 Å². The largest absolute Gasteiger partial charge is 0.399 e. The third-order valence-corrected chi connectivity index (χ3v) is 4.87. The normalized spacial score (nSPS) is 11.4. The Balaban J connectivity index is 2.00. The molecule has 2 heterocycles. The Bertz CT molecular complexity index is 937. The van der Waals surface area contributed by atoms with Gasteiger partial charge in [-0.1, -0.05) is 5.16 Å². The summed E-state index contributed by atoms with van der Waals surface area (Å²) in [6.07, 6.45) is 1.55. The smallest absolute Gasteiger partial charge is 0.139 e. The third-order valence-electron chi connectivity index (χ3n) is 4.00. The van der Waals surface area contributed by atoms with Gasteiger partial charge in [0, 0.05) is 23.7 Å². The highest BCUT2D eigenvalue weighted by molar-refractivity contribution is 7.13. The summed E-state index contributed by atoms with van der Waals surface area (Å²) in [5.41, 5.74) is 4.00. The quantitative estimate of drug-likeness (QED) is 0.309. The number of rotatable bonds is 9. The maximum atomic E-state index is 13.4. The van der Waals surface area contributed by atoms with Crippen LogP contribution in [0.25, 0.3) is 21.8 Å². The molecular formula is C19H21FN4O3S. The van der Waals surface area contributed by atoms with Gasteiger partial charge in [-0.05, 0) is 31.2 Å². The van der Waals surface area contributed by atoms with Crippen LogP contribution in [0.4, 0.5) is 4.39 Å². The highest BCUT2D eigenvalue weighted by Crippen LogP contribution is 2.36. The van der Waals surface area contributed by atoms with Gasteiger partial charge >= 0.3 is 0 Å². The number of ether oxygens (including phenoxy) is 2.